The van der Waals surface area contributed by atoms with Crippen LogP contribution in [-0.2, 0) is 11.2 Å². The predicted octanol–water partition coefficient (Wildman–Crippen LogP) is 1.24. The highest BCUT2D eigenvalue weighted by Gasteiger charge is 2.18. The number of hydrogen-bond acceptors (Lipinski definition) is 4. The molecule has 4 nitrogen and oxygen atoms in total. The number of Topliss-reactive ketones (excluding diaryl/α,β-unsaturated/α-hetero) is 1. The van der Waals surface area contributed by atoms with Gasteiger partial charge in [-0.1, -0.05) is 0 Å². The van der Waals surface area contributed by atoms with Crippen LogP contribution < -0.4 is 14.8 Å². The lowest BCUT2D eigenvalue weighted by Gasteiger charge is -2.19. The Labute approximate surface area is 88.2 Å². The van der Waals surface area contributed by atoms with Crippen molar-refractivity contribution in [1.29, 1.82) is 0 Å². The molecule has 2 rings (SSSR count). The van der Waals surface area contributed by atoms with Crippen molar-refractivity contribution in [2.75, 3.05) is 26.1 Å². The Kier molecular flexibility index (Phi) is 2.49. The Morgan fingerprint density at radius 2 is 1.87 bits per heavy atom. The molecule has 0 atom stereocenters. The number of rotatable bonds is 2. The minimum absolute atomic E-state index is 0.190. The molecule has 1 aliphatic heterocycles. The first-order chi connectivity index (χ1) is 7.24. The van der Waals surface area contributed by atoms with E-state index < -0.39 is 0 Å². The second-order valence-electron chi connectivity index (χ2n) is 3.43. The van der Waals surface area contributed by atoms with E-state index in [9.17, 15) is 4.79 Å². The second-order valence-corrected chi connectivity index (χ2v) is 3.43. The summed E-state index contributed by atoms with van der Waals surface area (Å²) in [7, 11) is 3.18. The molecule has 1 heterocycles. The average Bonchev–Trinajstić information content (AvgIpc) is 2.27. The van der Waals surface area contributed by atoms with E-state index in [-0.39, 0.29) is 5.78 Å². The number of methoxy groups -OCH3 is 2. The third-order valence-corrected chi connectivity index (χ3v) is 2.47. The third-order valence-electron chi connectivity index (χ3n) is 2.47. The van der Waals surface area contributed by atoms with E-state index >= 15 is 0 Å². The van der Waals surface area contributed by atoms with Crippen LogP contribution in [0.2, 0.25) is 0 Å². The number of carbonyl (C=O) groups excluding carboxylic acids is 1. The topological polar surface area (TPSA) is 47.6 Å². The van der Waals surface area contributed by atoms with E-state index in [0.717, 1.165) is 11.3 Å². The van der Waals surface area contributed by atoms with Gasteiger partial charge in [-0.05, 0) is 11.6 Å². The van der Waals surface area contributed by atoms with Gasteiger partial charge in [0.2, 0.25) is 0 Å². The van der Waals surface area contributed by atoms with E-state index in [4.69, 9.17) is 9.47 Å². The minimum Gasteiger partial charge on any atom is -0.493 e. The van der Waals surface area contributed by atoms with Crippen molar-refractivity contribution in [3.8, 4) is 11.5 Å². The van der Waals surface area contributed by atoms with Crippen molar-refractivity contribution in [3.63, 3.8) is 0 Å². The van der Waals surface area contributed by atoms with Gasteiger partial charge in [-0.15, -0.1) is 0 Å². The summed E-state index contributed by atoms with van der Waals surface area (Å²) in [6.45, 7) is 0.391. The third kappa shape index (κ3) is 1.75. The van der Waals surface area contributed by atoms with Crippen LogP contribution in [0.1, 0.15) is 5.56 Å². The molecule has 15 heavy (non-hydrogen) atoms. The van der Waals surface area contributed by atoms with Crippen LogP contribution in [0.15, 0.2) is 12.1 Å². The van der Waals surface area contributed by atoms with E-state index in [0.29, 0.717) is 24.5 Å². The zero-order valence-electron chi connectivity index (χ0n) is 8.79. The van der Waals surface area contributed by atoms with Gasteiger partial charge in [-0.2, -0.15) is 0 Å². The molecule has 0 amide bonds. The summed E-state index contributed by atoms with van der Waals surface area (Å²) < 4.78 is 10.4. The van der Waals surface area contributed by atoms with Gasteiger partial charge in [-0.25, -0.2) is 0 Å². The molecule has 0 saturated heterocycles. The van der Waals surface area contributed by atoms with Gasteiger partial charge >= 0.3 is 0 Å². The maximum atomic E-state index is 11.2. The molecule has 1 aliphatic rings. The van der Waals surface area contributed by atoms with Gasteiger partial charge < -0.3 is 14.8 Å². The first-order valence-corrected chi connectivity index (χ1v) is 4.75. The van der Waals surface area contributed by atoms with Crippen LogP contribution in [-0.4, -0.2) is 26.5 Å². The smallest absolute Gasteiger partial charge is 0.162 e. The highest BCUT2D eigenvalue weighted by molar-refractivity contribution is 5.90. The van der Waals surface area contributed by atoms with Gasteiger partial charge in [0, 0.05) is 18.2 Å². The normalized spacial score (nSPS) is 14.1. The SMILES string of the molecule is COc1cc2c(cc1OC)NCC(=O)C2. The largest absolute Gasteiger partial charge is 0.493 e. The summed E-state index contributed by atoms with van der Waals surface area (Å²) in [6, 6.07) is 3.71. The lowest BCUT2D eigenvalue weighted by Crippen LogP contribution is -2.22. The summed E-state index contributed by atoms with van der Waals surface area (Å²) in [4.78, 5) is 11.2. The van der Waals surface area contributed by atoms with Crippen LogP contribution in [0.4, 0.5) is 5.69 Å². The second kappa shape index (κ2) is 3.81. The van der Waals surface area contributed by atoms with Crippen molar-refractivity contribution < 1.29 is 14.3 Å². The van der Waals surface area contributed by atoms with Crippen LogP contribution in [0.3, 0.4) is 0 Å². The molecule has 0 fully saturated rings. The van der Waals surface area contributed by atoms with Gasteiger partial charge in [0.1, 0.15) is 0 Å². The fraction of sp³-hybridized carbons (Fsp3) is 0.364. The maximum Gasteiger partial charge on any atom is 0.162 e. The number of hydrogen-bond donors (Lipinski definition) is 1. The highest BCUT2D eigenvalue weighted by atomic mass is 16.5. The first-order valence-electron chi connectivity index (χ1n) is 4.75. The Morgan fingerprint density at radius 1 is 1.20 bits per heavy atom. The lowest BCUT2D eigenvalue weighted by molar-refractivity contribution is -0.117. The van der Waals surface area contributed by atoms with Crippen LogP contribution >= 0.6 is 0 Å². The molecular formula is C11H13NO3. The molecule has 1 aromatic rings. The Bertz CT molecular complexity index is 401. The van der Waals surface area contributed by atoms with Crippen molar-refractivity contribution in [3.05, 3.63) is 17.7 Å². The van der Waals surface area contributed by atoms with Crippen LogP contribution in [0, 0.1) is 0 Å². The molecule has 0 radical (unpaired) electrons. The van der Waals surface area contributed by atoms with Crippen molar-refractivity contribution >= 4 is 11.5 Å². The summed E-state index contributed by atoms with van der Waals surface area (Å²) in [5.41, 5.74) is 1.91. The number of fused-ring (bicyclic) bond motifs is 1. The van der Waals surface area contributed by atoms with Gasteiger partial charge in [0.05, 0.1) is 20.8 Å². The molecule has 1 N–H and O–H groups in total. The molecule has 0 spiro atoms. The molecule has 0 bridgehead atoms. The lowest BCUT2D eigenvalue weighted by atomic mass is 10.0. The fourth-order valence-corrected chi connectivity index (χ4v) is 1.70. The van der Waals surface area contributed by atoms with Gasteiger partial charge in [0.25, 0.3) is 0 Å². The molecule has 0 saturated carbocycles. The van der Waals surface area contributed by atoms with E-state index in [2.05, 4.69) is 5.32 Å². The van der Waals surface area contributed by atoms with Crippen molar-refractivity contribution in [2.24, 2.45) is 0 Å². The van der Waals surface area contributed by atoms with Crippen molar-refractivity contribution in [2.45, 2.75) is 6.42 Å². The Morgan fingerprint density at radius 3 is 2.53 bits per heavy atom. The number of benzene rings is 1. The molecule has 0 unspecified atom stereocenters. The summed E-state index contributed by atoms with van der Waals surface area (Å²) >= 11 is 0. The quantitative estimate of drug-likeness (QED) is 0.792. The minimum atomic E-state index is 0.190. The molecule has 0 aliphatic carbocycles. The van der Waals surface area contributed by atoms with Crippen molar-refractivity contribution in [1.82, 2.24) is 0 Å². The molecular weight excluding hydrogens is 194 g/mol. The number of ketones is 1. The van der Waals surface area contributed by atoms with Gasteiger partial charge in [0.15, 0.2) is 17.3 Å². The number of carbonyl (C=O) groups is 1. The zero-order chi connectivity index (χ0) is 10.8. The average molecular weight is 207 g/mol. The summed E-state index contributed by atoms with van der Waals surface area (Å²) in [5, 5.41) is 3.05. The van der Waals surface area contributed by atoms with E-state index in [1.54, 1.807) is 14.2 Å². The van der Waals surface area contributed by atoms with E-state index in [1.165, 1.54) is 0 Å². The first kappa shape index (κ1) is 9.83. The Balaban J connectivity index is 2.45. The molecule has 0 aromatic heterocycles. The number of ether oxygens (including phenoxy) is 2. The molecule has 4 heteroatoms. The monoisotopic (exact) mass is 207 g/mol. The molecule has 80 valence electrons. The predicted molar refractivity (Wildman–Crippen MR) is 56.7 cm³/mol. The number of anilines is 1. The summed E-state index contributed by atoms with van der Waals surface area (Å²) in [5.74, 6) is 1.53. The maximum absolute atomic E-state index is 11.2. The molecule has 1 aromatic carbocycles. The van der Waals surface area contributed by atoms with Crippen LogP contribution in [0.25, 0.3) is 0 Å². The highest BCUT2D eigenvalue weighted by Crippen LogP contribution is 2.34. The fourth-order valence-electron chi connectivity index (χ4n) is 1.70. The van der Waals surface area contributed by atoms with E-state index in [1.807, 2.05) is 12.1 Å². The number of nitrogens with one attached hydrogen (secondary N) is 1. The van der Waals surface area contributed by atoms with Crippen LogP contribution in [0.5, 0.6) is 11.5 Å². The zero-order valence-corrected chi connectivity index (χ0v) is 8.79. The standard InChI is InChI=1S/C11H13NO3/c1-14-10-4-7-3-8(13)6-12-9(7)5-11(10)15-2/h4-5,12H,3,6H2,1-2H3. The Hall–Kier alpha value is -1.71. The van der Waals surface area contributed by atoms with Gasteiger partial charge in [-0.3, -0.25) is 4.79 Å². The summed E-state index contributed by atoms with van der Waals surface area (Å²) in [6.07, 6.45) is 0.461.